The Kier molecular flexibility index (Phi) is 7.70. The number of non-ortho nitro benzene ring substituents is 1. The fraction of sp³-hybridized carbons (Fsp3) is 0.0400. The molecule has 1 heterocycles. The lowest BCUT2D eigenvalue weighted by atomic mass is 10.1. The summed E-state index contributed by atoms with van der Waals surface area (Å²) in [5.74, 6) is -2.16. The highest BCUT2D eigenvalue weighted by Gasteiger charge is 2.37. The van der Waals surface area contributed by atoms with Gasteiger partial charge in [-0.05, 0) is 48.0 Å². The van der Waals surface area contributed by atoms with E-state index in [4.69, 9.17) is 27.9 Å². The van der Waals surface area contributed by atoms with Gasteiger partial charge in [0.05, 0.1) is 26.3 Å². The van der Waals surface area contributed by atoms with Gasteiger partial charge in [0.15, 0.2) is 6.61 Å². The number of ether oxygens (including phenoxy) is 1. The van der Waals surface area contributed by atoms with Crippen molar-refractivity contribution >= 4 is 70.1 Å². The molecule has 13 heteroatoms. The number of rotatable bonds is 7. The van der Waals surface area contributed by atoms with E-state index in [-0.39, 0.29) is 34.3 Å². The van der Waals surface area contributed by atoms with Gasteiger partial charge in [-0.25, -0.2) is 9.69 Å². The zero-order valence-electron chi connectivity index (χ0n) is 19.1. The molecule has 0 unspecified atom stereocenters. The summed E-state index contributed by atoms with van der Waals surface area (Å²) in [7, 11) is 0. The number of imide groups is 2. The third-order valence-corrected chi connectivity index (χ3v) is 5.82. The van der Waals surface area contributed by atoms with E-state index in [1.54, 1.807) is 24.3 Å². The van der Waals surface area contributed by atoms with Crippen LogP contribution in [0.1, 0.15) is 5.56 Å². The molecule has 3 aromatic carbocycles. The molecule has 0 saturated carbocycles. The normalized spacial score (nSPS) is 14.3. The molecule has 0 aliphatic carbocycles. The number of nitro groups is 1. The van der Waals surface area contributed by atoms with Crippen molar-refractivity contribution in [1.82, 2.24) is 5.32 Å². The van der Waals surface area contributed by atoms with Gasteiger partial charge in [0.2, 0.25) is 0 Å². The number of hydrogen-bond donors (Lipinski definition) is 2. The van der Waals surface area contributed by atoms with Crippen LogP contribution in [0.2, 0.25) is 10.0 Å². The molecular formula is C25H16Cl2N4O7. The smallest absolute Gasteiger partial charge is 0.335 e. The van der Waals surface area contributed by atoms with E-state index in [0.29, 0.717) is 21.2 Å². The highest BCUT2D eigenvalue weighted by atomic mass is 35.5. The van der Waals surface area contributed by atoms with Crippen molar-refractivity contribution in [3.63, 3.8) is 0 Å². The molecule has 0 bridgehead atoms. The lowest BCUT2D eigenvalue weighted by Gasteiger charge is -2.26. The fourth-order valence-electron chi connectivity index (χ4n) is 3.40. The van der Waals surface area contributed by atoms with E-state index in [1.807, 2.05) is 0 Å². The Morgan fingerprint density at radius 3 is 2.39 bits per heavy atom. The number of nitrogens with zero attached hydrogens (tertiary/aromatic N) is 2. The largest absolute Gasteiger partial charge is 0.482 e. The number of carbonyl (C=O) groups is 4. The van der Waals surface area contributed by atoms with Crippen molar-refractivity contribution in [3.8, 4) is 5.75 Å². The van der Waals surface area contributed by atoms with Gasteiger partial charge >= 0.3 is 6.03 Å². The summed E-state index contributed by atoms with van der Waals surface area (Å²) in [4.78, 5) is 60.8. The van der Waals surface area contributed by atoms with Crippen molar-refractivity contribution in [2.45, 2.75) is 0 Å². The summed E-state index contributed by atoms with van der Waals surface area (Å²) >= 11 is 12.3. The van der Waals surface area contributed by atoms with Crippen LogP contribution in [0.3, 0.4) is 0 Å². The molecule has 3 aromatic rings. The van der Waals surface area contributed by atoms with Crippen LogP contribution in [0.4, 0.5) is 21.9 Å². The van der Waals surface area contributed by atoms with E-state index < -0.39 is 28.7 Å². The summed E-state index contributed by atoms with van der Waals surface area (Å²) in [6, 6.07) is 14.7. The lowest BCUT2D eigenvalue weighted by molar-refractivity contribution is -0.384. The number of nitrogens with one attached hydrogen (secondary N) is 2. The molecule has 192 valence electrons. The van der Waals surface area contributed by atoms with Crippen LogP contribution in [0.15, 0.2) is 72.3 Å². The molecule has 5 amide bonds. The Morgan fingerprint density at radius 1 is 1.03 bits per heavy atom. The van der Waals surface area contributed by atoms with Crippen molar-refractivity contribution in [1.29, 1.82) is 0 Å². The van der Waals surface area contributed by atoms with E-state index in [9.17, 15) is 29.3 Å². The number of para-hydroxylation sites is 1. The summed E-state index contributed by atoms with van der Waals surface area (Å²) in [5, 5.41) is 16.0. The standard InChI is InChI=1S/C25H16Cl2N4O7/c26-18-3-1-2-4-20(18)28-22(32)13-38-21-10-5-14(12-19(21)27)11-17-23(33)29-25(35)30(24(17)34)15-6-8-16(9-7-15)31(36)37/h1-12H,13H2,(H,28,32)(H,29,33,35)/b17-11-. The number of benzene rings is 3. The zero-order valence-corrected chi connectivity index (χ0v) is 20.7. The van der Waals surface area contributed by atoms with Gasteiger partial charge < -0.3 is 10.1 Å². The average molecular weight is 555 g/mol. The molecule has 0 spiro atoms. The summed E-state index contributed by atoms with van der Waals surface area (Å²) in [6.45, 7) is -0.363. The number of amides is 5. The number of anilines is 2. The Hall–Kier alpha value is -4.74. The quantitative estimate of drug-likeness (QED) is 0.188. The third kappa shape index (κ3) is 5.80. The second-order valence-corrected chi connectivity index (χ2v) is 8.55. The summed E-state index contributed by atoms with van der Waals surface area (Å²) < 4.78 is 5.46. The second-order valence-electron chi connectivity index (χ2n) is 7.74. The maximum Gasteiger partial charge on any atom is 0.335 e. The van der Waals surface area contributed by atoms with Gasteiger partial charge in [0.25, 0.3) is 23.4 Å². The van der Waals surface area contributed by atoms with Gasteiger partial charge in [-0.1, -0.05) is 41.4 Å². The number of carbonyl (C=O) groups excluding carboxylic acids is 4. The minimum Gasteiger partial charge on any atom is -0.482 e. The zero-order chi connectivity index (χ0) is 27.4. The second kappa shape index (κ2) is 11.1. The molecule has 1 aliphatic heterocycles. The van der Waals surface area contributed by atoms with Gasteiger partial charge in [0, 0.05) is 12.1 Å². The van der Waals surface area contributed by atoms with E-state index in [0.717, 1.165) is 12.1 Å². The van der Waals surface area contributed by atoms with Gasteiger partial charge in [0.1, 0.15) is 11.3 Å². The van der Waals surface area contributed by atoms with Gasteiger partial charge in [-0.15, -0.1) is 0 Å². The van der Waals surface area contributed by atoms with Crippen LogP contribution in [-0.4, -0.2) is 35.3 Å². The highest BCUT2D eigenvalue weighted by molar-refractivity contribution is 6.39. The molecule has 0 radical (unpaired) electrons. The van der Waals surface area contributed by atoms with Crippen LogP contribution in [0, 0.1) is 10.1 Å². The van der Waals surface area contributed by atoms with Gasteiger partial charge in [-0.3, -0.25) is 29.8 Å². The average Bonchev–Trinajstić information content (AvgIpc) is 2.87. The molecule has 2 N–H and O–H groups in total. The number of hydrogen-bond acceptors (Lipinski definition) is 7. The fourth-order valence-corrected chi connectivity index (χ4v) is 3.82. The Balaban J connectivity index is 1.48. The maximum absolute atomic E-state index is 13.0. The third-order valence-electron chi connectivity index (χ3n) is 5.19. The molecule has 0 aromatic heterocycles. The first-order chi connectivity index (χ1) is 18.1. The minimum atomic E-state index is -0.997. The molecule has 1 saturated heterocycles. The van der Waals surface area contributed by atoms with Crippen LogP contribution in [0.25, 0.3) is 6.08 Å². The number of barbiturate groups is 1. The van der Waals surface area contributed by atoms with Crippen LogP contribution in [-0.2, 0) is 14.4 Å². The first kappa shape index (κ1) is 26.3. The Bertz CT molecular complexity index is 1510. The Labute approximate surface area is 224 Å². The van der Waals surface area contributed by atoms with Crippen LogP contribution in [0.5, 0.6) is 5.75 Å². The predicted molar refractivity (Wildman–Crippen MR) is 139 cm³/mol. The molecule has 4 rings (SSSR count). The van der Waals surface area contributed by atoms with Crippen molar-refractivity contribution in [2.24, 2.45) is 0 Å². The lowest BCUT2D eigenvalue weighted by Crippen LogP contribution is -2.54. The van der Waals surface area contributed by atoms with E-state index in [2.05, 4.69) is 10.6 Å². The van der Waals surface area contributed by atoms with Crippen LogP contribution >= 0.6 is 23.2 Å². The number of nitro benzene ring substituents is 1. The Morgan fingerprint density at radius 2 is 1.74 bits per heavy atom. The van der Waals surface area contributed by atoms with Crippen molar-refractivity contribution < 1.29 is 28.8 Å². The van der Waals surface area contributed by atoms with Crippen molar-refractivity contribution in [3.05, 3.63) is 98.0 Å². The molecule has 11 nitrogen and oxygen atoms in total. The molecule has 38 heavy (non-hydrogen) atoms. The van der Waals surface area contributed by atoms with Crippen LogP contribution < -0.4 is 20.3 Å². The molecule has 0 atom stereocenters. The summed E-state index contributed by atoms with van der Waals surface area (Å²) in [5.41, 5.74) is 0.191. The SMILES string of the molecule is O=C(COc1ccc(/C=C2/C(=O)NC(=O)N(c3ccc([N+](=O)[O-])cc3)C2=O)cc1Cl)Nc1ccccc1Cl. The van der Waals surface area contributed by atoms with E-state index >= 15 is 0 Å². The molecular weight excluding hydrogens is 539 g/mol. The first-order valence-corrected chi connectivity index (χ1v) is 11.5. The topological polar surface area (TPSA) is 148 Å². The molecule has 1 aliphatic rings. The van der Waals surface area contributed by atoms with Crippen molar-refractivity contribution in [2.75, 3.05) is 16.8 Å². The van der Waals surface area contributed by atoms with Gasteiger partial charge in [-0.2, -0.15) is 0 Å². The monoisotopic (exact) mass is 554 g/mol. The molecule has 1 fully saturated rings. The summed E-state index contributed by atoms with van der Waals surface area (Å²) in [6.07, 6.45) is 1.22. The minimum absolute atomic E-state index is 0.0355. The van der Waals surface area contributed by atoms with E-state index in [1.165, 1.54) is 36.4 Å². The first-order valence-electron chi connectivity index (χ1n) is 10.8. The number of halogens is 2. The highest BCUT2D eigenvalue weighted by Crippen LogP contribution is 2.28. The predicted octanol–water partition coefficient (Wildman–Crippen LogP) is 4.59. The maximum atomic E-state index is 13.0. The number of urea groups is 1.